The van der Waals surface area contributed by atoms with Crippen LogP contribution in [0.25, 0.3) is 0 Å². The summed E-state index contributed by atoms with van der Waals surface area (Å²) in [6.07, 6.45) is 6.86. The number of aromatic hydroxyl groups is 1. The second-order valence-electron chi connectivity index (χ2n) is 10.7. The molecule has 1 aromatic carbocycles. The molecule has 0 aliphatic carbocycles. The number of aldehydes is 3. The number of phenols is 1. The molecule has 0 saturated carbocycles. The smallest absolute Gasteiger partial charge is 0.237 e. The van der Waals surface area contributed by atoms with E-state index in [1.54, 1.807) is 45.5 Å². The lowest BCUT2D eigenvalue weighted by Crippen LogP contribution is -2.50. The molecule has 4 N–H and O–H groups in total. The van der Waals surface area contributed by atoms with Crippen LogP contribution in [-0.4, -0.2) is 125 Å². The lowest BCUT2D eigenvalue weighted by molar-refractivity contribution is -0.126. The number of likely N-dealkylation sites (N-methyl/N-ethyl adjacent to an activating group) is 1. The molecule has 1 heterocycles. The summed E-state index contributed by atoms with van der Waals surface area (Å²) in [6, 6.07) is 5.79. The van der Waals surface area contributed by atoms with E-state index in [0.29, 0.717) is 12.8 Å². The zero-order valence-corrected chi connectivity index (χ0v) is 29.5. The Kier molecular flexibility index (Phi) is 29.8. The Labute approximate surface area is 273 Å². The molecule has 0 radical (unpaired) electrons. The molecular formula is C31H57N5O6S2. The third kappa shape index (κ3) is 25.3. The number of hydrazine groups is 1. The predicted octanol–water partition coefficient (Wildman–Crippen LogP) is 2.82. The molecule has 1 fully saturated rings. The molecule has 0 bridgehead atoms. The molecule has 1 aliphatic heterocycles. The standard InChI is InChI=1S/C15H22N2O3.C8H17NOS2.C6H12N2O.C2H6O/c1-10(2)14(16-3)15(20)17-12(9-18)7-11-5-4-6-13(19)8-11;1-9(2)5-8-12-11-7-4-3-6-10;1-8-4-2-3-6(5-9)7-8;1-3-2/h4-6,8-10,12,14,16,19H,7H2,1-3H3,(H,17,20);6H,3-5,7-8H2,1-2H3;5-7H,2-4H2,1H3;1-2H3. The van der Waals surface area contributed by atoms with E-state index in [-0.39, 0.29) is 29.7 Å². The van der Waals surface area contributed by atoms with Gasteiger partial charge >= 0.3 is 0 Å². The molecule has 11 nitrogen and oxygen atoms in total. The van der Waals surface area contributed by atoms with Gasteiger partial charge in [-0.3, -0.25) is 4.79 Å². The number of rotatable bonds is 16. The van der Waals surface area contributed by atoms with Gasteiger partial charge in [-0.1, -0.05) is 47.6 Å². The number of hydrogen-bond acceptors (Lipinski definition) is 12. The lowest BCUT2D eigenvalue weighted by Gasteiger charge is -2.27. The summed E-state index contributed by atoms with van der Waals surface area (Å²) in [5.74, 6) is 2.34. The first-order valence-electron chi connectivity index (χ1n) is 14.9. The minimum Gasteiger partial charge on any atom is -0.508 e. The SMILES string of the molecule is CN(C)CCSSCCCC=O.CN1CCCC(C=O)N1.CNC(C(=O)NC(C=O)Cc1cccc(O)c1)C(C)C.COC. The highest BCUT2D eigenvalue weighted by atomic mass is 33.1. The van der Waals surface area contributed by atoms with Crippen molar-refractivity contribution in [1.29, 1.82) is 0 Å². The summed E-state index contributed by atoms with van der Waals surface area (Å²) in [7, 11) is 14.8. The Morgan fingerprint density at radius 3 is 2.34 bits per heavy atom. The Morgan fingerprint density at radius 1 is 1.20 bits per heavy atom. The van der Waals surface area contributed by atoms with Crippen molar-refractivity contribution in [2.24, 2.45) is 5.92 Å². The molecular weight excluding hydrogens is 603 g/mol. The number of methoxy groups -OCH3 is 1. The van der Waals surface area contributed by atoms with Crippen molar-refractivity contribution in [2.75, 3.05) is 67.0 Å². The van der Waals surface area contributed by atoms with Crippen LogP contribution in [-0.2, 0) is 30.3 Å². The van der Waals surface area contributed by atoms with Gasteiger partial charge in [0.2, 0.25) is 5.91 Å². The number of hydrogen-bond donors (Lipinski definition) is 4. The van der Waals surface area contributed by atoms with Crippen molar-refractivity contribution < 1.29 is 29.0 Å². The number of unbranched alkanes of at least 4 members (excludes halogenated alkanes) is 1. The highest BCUT2D eigenvalue weighted by Gasteiger charge is 2.22. The minimum atomic E-state index is -0.598. The molecule has 254 valence electrons. The fourth-order valence-corrected chi connectivity index (χ4v) is 5.98. The molecule has 0 aromatic heterocycles. The first-order chi connectivity index (χ1) is 21.0. The minimum absolute atomic E-state index is 0.0590. The maximum atomic E-state index is 12.1. The molecule has 13 heteroatoms. The maximum absolute atomic E-state index is 12.1. The van der Waals surface area contributed by atoms with E-state index in [1.807, 2.05) is 47.5 Å². The summed E-state index contributed by atoms with van der Waals surface area (Å²) >= 11 is 0. The number of carbonyl (C=O) groups is 4. The summed E-state index contributed by atoms with van der Waals surface area (Å²) in [5, 5.41) is 17.0. The molecule has 0 spiro atoms. The maximum Gasteiger partial charge on any atom is 0.237 e. The van der Waals surface area contributed by atoms with E-state index in [9.17, 15) is 24.3 Å². The first-order valence-corrected chi connectivity index (χ1v) is 17.3. The number of ether oxygens (including phenoxy) is 1. The van der Waals surface area contributed by atoms with Crippen LogP contribution in [0.3, 0.4) is 0 Å². The molecule has 44 heavy (non-hydrogen) atoms. The van der Waals surface area contributed by atoms with E-state index in [1.165, 1.54) is 5.75 Å². The van der Waals surface area contributed by atoms with Gasteiger partial charge in [0, 0.05) is 52.3 Å². The molecule has 1 aliphatic rings. The zero-order chi connectivity index (χ0) is 33.8. The highest BCUT2D eigenvalue weighted by molar-refractivity contribution is 8.76. The Balaban J connectivity index is 0. The van der Waals surface area contributed by atoms with Gasteiger partial charge in [0.1, 0.15) is 24.6 Å². The Hall–Kier alpha value is -2.00. The van der Waals surface area contributed by atoms with Crippen molar-refractivity contribution >= 4 is 46.4 Å². The van der Waals surface area contributed by atoms with Crippen LogP contribution < -0.4 is 16.1 Å². The second-order valence-corrected chi connectivity index (χ2v) is 13.4. The van der Waals surface area contributed by atoms with E-state index in [4.69, 9.17) is 0 Å². The van der Waals surface area contributed by atoms with E-state index >= 15 is 0 Å². The topological polar surface area (TPSA) is 140 Å². The lowest BCUT2D eigenvalue weighted by atomic mass is 10.0. The van der Waals surface area contributed by atoms with Gasteiger partial charge in [0.15, 0.2) is 0 Å². The number of amides is 1. The second kappa shape index (κ2) is 29.7. The van der Waals surface area contributed by atoms with Gasteiger partial charge in [-0.2, -0.15) is 0 Å². The zero-order valence-electron chi connectivity index (χ0n) is 27.9. The van der Waals surface area contributed by atoms with Crippen LogP contribution in [0.1, 0.15) is 45.1 Å². The van der Waals surface area contributed by atoms with Crippen molar-refractivity contribution in [3.05, 3.63) is 29.8 Å². The van der Waals surface area contributed by atoms with Gasteiger partial charge in [-0.05, 0) is 70.4 Å². The van der Waals surface area contributed by atoms with Crippen LogP contribution in [0.5, 0.6) is 5.75 Å². The van der Waals surface area contributed by atoms with Crippen molar-refractivity contribution in [1.82, 2.24) is 26.0 Å². The molecule has 3 unspecified atom stereocenters. The van der Waals surface area contributed by atoms with Crippen LogP contribution in [0.4, 0.5) is 0 Å². The monoisotopic (exact) mass is 659 g/mol. The fourth-order valence-electron chi connectivity index (χ4n) is 3.73. The van der Waals surface area contributed by atoms with Gasteiger partial charge in [0.25, 0.3) is 0 Å². The highest BCUT2D eigenvalue weighted by Crippen LogP contribution is 2.21. The number of nitrogens with zero attached hydrogens (tertiary/aromatic N) is 2. The predicted molar refractivity (Wildman–Crippen MR) is 184 cm³/mol. The van der Waals surface area contributed by atoms with E-state index < -0.39 is 6.04 Å². The van der Waals surface area contributed by atoms with Crippen molar-refractivity contribution in [2.45, 2.75) is 64.1 Å². The van der Waals surface area contributed by atoms with Crippen molar-refractivity contribution in [3.63, 3.8) is 0 Å². The van der Waals surface area contributed by atoms with E-state index in [0.717, 1.165) is 62.5 Å². The largest absolute Gasteiger partial charge is 0.508 e. The quantitative estimate of drug-likeness (QED) is 0.118. The van der Waals surface area contributed by atoms with Crippen LogP contribution in [0.2, 0.25) is 0 Å². The van der Waals surface area contributed by atoms with Gasteiger partial charge in [-0.25, -0.2) is 10.4 Å². The molecule has 1 aromatic rings. The molecule has 3 atom stereocenters. The van der Waals surface area contributed by atoms with Crippen LogP contribution in [0.15, 0.2) is 24.3 Å². The third-order valence-corrected chi connectivity index (χ3v) is 8.40. The Morgan fingerprint density at radius 2 is 1.86 bits per heavy atom. The van der Waals surface area contributed by atoms with Gasteiger partial charge in [0.05, 0.1) is 18.1 Å². The summed E-state index contributed by atoms with van der Waals surface area (Å²) < 4.78 is 4.25. The molecule has 1 saturated heterocycles. The first kappa shape index (κ1) is 44.1. The number of nitrogens with one attached hydrogen (secondary N) is 3. The van der Waals surface area contributed by atoms with E-state index in [2.05, 4.69) is 39.8 Å². The van der Waals surface area contributed by atoms with Gasteiger partial charge < -0.3 is 39.8 Å². The summed E-state index contributed by atoms with van der Waals surface area (Å²) in [5.41, 5.74) is 3.83. The number of benzene rings is 1. The Bertz CT molecular complexity index is 882. The molecule has 2 rings (SSSR count). The fraction of sp³-hybridized carbons (Fsp3) is 0.677. The molecule has 1 amide bonds. The van der Waals surface area contributed by atoms with Crippen molar-refractivity contribution in [3.8, 4) is 5.75 Å². The normalized spacial score (nSPS) is 15.7. The summed E-state index contributed by atoms with van der Waals surface area (Å²) in [6.45, 7) is 6.05. The van der Waals surface area contributed by atoms with Crippen LogP contribution in [0, 0.1) is 5.92 Å². The number of phenolic OH excluding ortho intramolecular Hbond substituents is 1. The summed E-state index contributed by atoms with van der Waals surface area (Å²) in [4.78, 5) is 45.5. The average Bonchev–Trinajstić information content (AvgIpc) is 2.97. The van der Waals surface area contributed by atoms with Crippen LogP contribution >= 0.6 is 21.6 Å². The number of carbonyl (C=O) groups excluding carboxylic acids is 4. The average molecular weight is 660 g/mol. The van der Waals surface area contributed by atoms with Gasteiger partial charge in [-0.15, -0.1) is 0 Å². The third-order valence-electron chi connectivity index (χ3n) is 5.93.